The molecule has 0 aliphatic rings. The summed E-state index contributed by atoms with van der Waals surface area (Å²) in [5.41, 5.74) is 1.01. The van der Waals surface area contributed by atoms with Gasteiger partial charge in [-0.25, -0.2) is 9.37 Å². The van der Waals surface area contributed by atoms with Crippen LogP contribution < -0.4 is 10.2 Å². The van der Waals surface area contributed by atoms with E-state index in [-0.39, 0.29) is 18.3 Å². The summed E-state index contributed by atoms with van der Waals surface area (Å²) in [6.45, 7) is 1.34. The number of likely N-dealkylation sites (N-methyl/N-ethyl adjacent to an activating group) is 1. The molecule has 0 atom stereocenters. The lowest BCUT2D eigenvalue weighted by Gasteiger charge is -2.17. The Labute approximate surface area is 128 Å². The molecular formula is C15H21FN4O2. The van der Waals surface area contributed by atoms with Gasteiger partial charge in [0.2, 0.25) is 11.9 Å². The van der Waals surface area contributed by atoms with Crippen molar-refractivity contribution in [3.05, 3.63) is 24.0 Å². The van der Waals surface area contributed by atoms with Gasteiger partial charge in [-0.05, 0) is 18.6 Å². The zero-order valence-electron chi connectivity index (χ0n) is 13.1. The van der Waals surface area contributed by atoms with Crippen LogP contribution in [0.3, 0.4) is 0 Å². The van der Waals surface area contributed by atoms with E-state index in [0.29, 0.717) is 30.1 Å². The highest BCUT2D eigenvalue weighted by Crippen LogP contribution is 2.22. The molecule has 1 aromatic carbocycles. The molecule has 22 heavy (non-hydrogen) atoms. The average Bonchev–Trinajstić information content (AvgIpc) is 2.83. The number of hydrogen-bond donors (Lipinski definition) is 1. The van der Waals surface area contributed by atoms with E-state index in [0.717, 1.165) is 6.42 Å². The molecule has 2 aromatic rings. The second-order valence-electron chi connectivity index (χ2n) is 5.13. The van der Waals surface area contributed by atoms with Crippen LogP contribution in [0.1, 0.15) is 6.42 Å². The zero-order valence-corrected chi connectivity index (χ0v) is 13.1. The van der Waals surface area contributed by atoms with Crippen LogP contribution in [-0.4, -0.2) is 49.3 Å². The molecule has 0 bridgehead atoms. The third-order valence-electron chi connectivity index (χ3n) is 3.41. The van der Waals surface area contributed by atoms with E-state index in [1.807, 2.05) is 0 Å². The van der Waals surface area contributed by atoms with Crippen LogP contribution in [0.2, 0.25) is 0 Å². The minimum absolute atomic E-state index is 0.105. The summed E-state index contributed by atoms with van der Waals surface area (Å²) < 4.78 is 20.5. The second kappa shape index (κ2) is 7.22. The Morgan fingerprint density at radius 3 is 2.95 bits per heavy atom. The van der Waals surface area contributed by atoms with E-state index in [1.54, 1.807) is 42.8 Å². The van der Waals surface area contributed by atoms with Gasteiger partial charge >= 0.3 is 0 Å². The maximum atomic E-state index is 13.8. The molecule has 0 radical (unpaired) electrons. The predicted octanol–water partition coefficient (Wildman–Crippen LogP) is 1.30. The van der Waals surface area contributed by atoms with Gasteiger partial charge < -0.3 is 19.5 Å². The minimum atomic E-state index is -0.364. The van der Waals surface area contributed by atoms with Crippen molar-refractivity contribution in [2.24, 2.45) is 7.05 Å². The number of methoxy groups -OCH3 is 1. The lowest BCUT2D eigenvalue weighted by Crippen LogP contribution is -2.36. The second-order valence-corrected chi connectivity index (χ2v) is 5.13. The molecule has 0 spiro atoms. The Hall–Kier alpha value is -2.15. The fraction of sp³-hybridized carbons (Fsp3) is 0.467. The van der Waals surface area contributed by atoms with Crippen LogP contribution in [0.25, 0.3) is 11.0 Å². The average molecular weight is 308 g/mol. The van der Waals surface area contributed by atoms with E-state index in [2.05, 4.69) is 10.3 Å². The lowest BCUT2D eigenvalue weighted by molar-refractivity contribution is -0.119. The maximum absolute atomic E-state index is 13.8. The van der Waals surface area contributed by atoms with Crippen molar-refractivity contribution < 1.29 is 13.9 Å². The summed E-state index contributed by atoms with van der Waals surface area (Å²) in [5, 5.41) is 2.81. The molecule has 6 nitrogen and oxygen atoms in total. The number of aryl methyl sites for hydroxylation is 1. The van der Waals surface area contributed by atoms with Crippen LogP contribution in [0.5, 0.6) is 0 Å². The zero-order chi connectivity index (χ0) is 16.1. The molecule has 0 fully saturated rings. The molecule has 1 aromatic heterocycles. The molecule has 120 valence electrons. The normalized spacial score (nSPS) is 10.9. The van der Waals surface area contributed by atoms with Crippen LogP contribution in [0.15, 0.2) is 18.2 Å². The number of amides is 1. The first kappa shape index (κ1) is 16.2. The molecule has 0 aliphatic heterocycles. The van der Waals surface area contributed by atoms with Gasteiger partial charge in [-0.1, -0.05) is 6.07 Å². The Kier molecular flexibility index (Phi) is 5.32. The molecular weight excluding hydrogens is 287 g/mol. The third kappa shape index (κ3) is 3.54. The van der Waals surface area contributed by atoms with Gasteiger partial charge in [0.05, 0.1) is 12.1 Å². The number of benzene rings is 1. The predicted molar refractivity (Wildman–Crippen MR) is 83.4 cm³/mol. The van der Waals surface area contributed by atoms with Crippen LogP contribution in [-0.2, 0) is 16.6 Å². The number of ether oxygens (including phenoxy) is 1. The molecule has 1 amide bonds. The van der Waals surface area contributed by atoms with Gasteiger partial charge in [-0.3, -0.25) is 4.79 Å². The molecule has 1 heterocycles. The standard InChI is InChI=1S/C15H21FN4O2/c1-19(10-13(21)17-8-5-9-22-3)15-18-14-11(16)6-4-7-12(14)20(15)2/h4,6-7H,5,8-10H2,1-3H3,(H,17,21). The first-order valence-corrected chi connectivity index (χ1v) is 7.12. The Bertz CT molecular complexity index is 656. The summed E-state index contributed by atoms with van der Waals surface area (Å²) in [4.78, 5) is 17.9. The van der Waals surface area contributed by atoms with Gasteiger partial charge in [0.1, 0.15) is 5.52 Å². The molecule has 1 N–H and O–H groups in total. The van der Waals surface area contributed by atoms with Gasteiger partial charge in [0.15, 0.2) is 5.82 Å². The van der Waals surface area contributed by atoms with Crippen LogP contribution in [0, 0.1) is 5.82 Å². The maximum Gasteiger partial charge on any atom is 0.239 e. The lowest BCUT2D eigenvalue weighted by atomic mass is 10.3. The fourth-order valence-corrected chi connectivity index (χ4v) is 2.30. The summed E-state index contributed by atoms with van der Waals surface area (Å²) >= 11 is 0. The van der Waals surface area contributed by atoms with Crippen molar-refractivity contribution in [3.63, 3.8) is 0 Å². The monoisotopic (exact) mass is 308 g/mol. The summed E-state index contributed by atoms with van der Waals surface area (Å²) in [6, 6.07) is 4.82. The number of aromatic nitrogens is 2. The van der Waals surface area contributed by atoms with Crippen molar-refractivity contribution in [1.29, 1.82) is 0 Å². The largest absolute Gasteiger partial charge is 0.385 e. The Morgan fingerprint density at radius 2 is 2.27 bits per heavy atom. The highest BCUT2D eigenvalue weighted by molar-refractivity contribution is 5.83. The van der Waals surface area contributed by atoms with Crippen molar-refractivity contribution in [2.45, 2.75) is 6.42 Å². The number of nitrogens with zero attached hydrogens (tertiary/aromatic N) is 3. The number of carbonyl (C=O) groups excluding carboxylic acids is 1. The molecule has 0 saturated carbocycles. The first-order chi connectivity index (χ1) is 10.5. The number of fused-ring (bicyclic) bond motifs is 1. The van der Waals surface area contributed by atoms with Crippen LogP contribution >= 0.6 is 0 Å². The summed E-state index contributed by atoms with van der Waals surface area (Å²) in [6.07, 6.45) is 0.767. The van der Waals surface area contributed by atoms with Crippen molar-refractivity contribution in [3.8, 4) is 0 Å². The van der Waals surface area contributed by atoms with E-state index in [1.165, 1.54) is 6.07 Å². The number of imidazole rings is 1. The highest BCUT2D eigenvalue weighted by atomic mass is 19.1. The quantitative estimate of drug-likeness (QED) is 0.783. The van der Waals surface area contributed by atoms with Gasteiger partial charge in [-0.15, -0.1) is 0 Å². The third-order valence-corrected chi connectivity index (χ3v) is 3.41. The molecule has 0 saturated heterocycles. The van der Waals surface area contributed by atoms with E-state index >= 15 is 0 Å². The Balaban J connectivity index is 2.03. The fourth-order valence-electron chi connectivity index (χ4n) is 2.30. The molecule has 2 rings (SSSR count). The van der Waals surface area contributed by atoms with Crippen LogP contribution in [0.4, 0.5) is 10.3 Å². The molecule has 0 aliphatic carbocycles. The number of carbonyl (C=O) groups is 1. The minimum Gasteiger partial charge on any atom is -0.385 e. The van der Waals surface area contributed by atoms with Gasteiger partial charge in [0.25, 0.3) is 0 Å². The van der Waals surface area contributed by atoms with E-state index < -0.39 is 0 Å². The number of halogens is 1. The van der Waals surface area contributed by atoms with E-state index in [9.17, 15) is 9.18 Å². The Morgan fingerprint density at radius 1 is 1.50 bits per heavy atom. The topological polar surface area (TPSA) is 59.4 Å². The summed E-state index contributed by atoms with van der Waals surface area (Å²) in [7, 11) is 5.19. The number of para-hydroxylation sites is 1. The summed E-state index contributed by atoms with van der Waals surface area (Å²) in [5.74, 6) is 0.0787. The number of anilines is 1. The van der Waals surface area contributed by atoms with E-state index in [4.69, 9.17) is 4.74 Å². The SMILES string of the molecule is COCCCNC(=O)CN(C)c1nc2c(F)cccc2n1C. The smallest absolute Gasteiger partial charge is 0.239 e. The van der Waals surface area contributed by atoms with Crippen molar-refractivity contribution >= 4 is 22.9 Å². The first-order valence-electron chi connectivity index (χ1n) is 7.12. The number of rotatable bonds is 7. The highest BCUT2D eigenvalue weighted by Gasteiger charge is 2.16. The molecule has 0 unspecified atom stereocenters. The number of hydrogen-bond acceptors (Lipinski definition) is 4. The number of nitrogens with one attached hydrogen (secondary N) is 1. The molecule has 7 heteroatoms. The van der Waals surface area contributed by atoms with Crippen molar-refractivity contribution in [1.82, 2.24) is 14.9 Å². The van der Waals surface area contributed by atoms with Gasteiger partial charge in [-0.2, -0.15) is 0 Å². The van der Waals surface area contributed by atoms with Gasteiger partial charge in [0, 0.05) is 34.4 Å². The van der Waals surface area contributed by atoms with Crippen molar-refractivity contribution in [2.75, 3.05) is 38.8 Å².